The molecule has 0 bridgehead atoms. The fourth-order valence-corrected chi connectivity index (χ4v) is 1.52. The highest BCUT2D eigenvalue weighted by Crippen LogP contribution is 2.18. The number of carbonyl (C=O) groups is 1. The summed E-state index contributed by atoms with van der Waals surface area (Å²) in [5.41, 5.74) is 1.98. The van der Waals surface area contributed by atoms with Crippen molar-refractivity contribution >= 4 is 21.9 Å². The first-order valence-electron chi connectivity index (χ1n) is 4.55. The summed E-state index contributed by atoms with van der Waals surface area (Å²) in [7, 11) is 1.26. The number of aliphatic hydroxyl groups excluding tert-OH is 1. The van der Waals surface area contributed by atoms with Crippen LogP contribution in [0.1, 0.15) is 11.1 Å². The highest BCUT2D eigenvalue weighted by Gasteiger charge is 2.15. The molecule has 0 spiro atoms. The summed E-state index contributed by atoms with van der Waals surface area (Å²) in [5.74, 6) is -0.601. The molecule has 1 aromatic rings. The van der Waals surface area contributed by atoms with Gasteiger partial charge >= 0.3 is 5.97 Å². The Morgan fingerprint density at radius 2 is 2.27 bits per heavy atom. The standard InChI is InChI=1S/C11H13BrO3/c1-7-5-8(3-4-9(7)12)6-10(13)11(14)15-2/h3-5,10,13H,6H2,1-2H3. The molecule has 1 atom stereocenters. The summed E-state index contributed by atoms with van der Waals surface area (Å²) in [6, 6.07) is 5.69. The minimum Gasteiger partial charge on any atom is -0.467 e. The van der Waals surface area contributed by atoms with Gasteiger partial charge in [0.15, 0.2) is 6.10 Å². The lowest BCUT2D eigenvalue weighted by molar-refractivity contribution is -0.150. The molecule has 0 amide bonds. The molecule has 1 aromatic carbocycles. The molecule has 0 aromatic heterocycles. The smallest absolute Gasteiger partial charge is 0.335 e. The summed E-state index contributed by atoms with van der Waals surface area (Å²) >= 11 is 3.38. The number of hydrogen-bond donors (Lipinski definition) is 1. The van der Waals surface area contributed by atoms with Crippen LogP contribution in [0.15, 0.2) is 22.7 Å². The number of methoxy groups -OCH3 is 1. The predicted molar refractivity (Wildman–Crippen MR) is 60.6 cm³/mol. The minimum atomic E-state index is -1.09. The van der Waals surface area contributed by atoms with Crippen molar-refractivity contribution in [3.8, 4) is 0 Å². The zero-order chi connectivity index (χ0) is 11.4. The van der Waals surface area contributed by atoms with Gasteiger partial charge in [-0.2, -0.15) is 0 Å². The van der Waals surface area contributed by atoms with Gasteiger partial charge in [0.1, 0.15) is 0 Å². The van der Waals surface area contributed by atoms with E-state index >= 15 is 0 Å². The Hall–Kier alpha value is -0.870. The molecule has 3 nitrogen and oxygen atoms in total. The maximum absolute atomic E-state index is 11.0. The van der Waals surface area contributed by atoms with Crippen molar-refractivity contribution in [2.24, 2.45) is 0 Å². The molecular formula is C11H13BrO3. The molecular weight excluding hydrogens is 260 g/mol. The van der Waals surface area contributed by atoms with Gasteiger partial charge in [-0.3, -0.25) is 0 Å². The van der Waals surface area contributed by atoms with E-state index in [1.54, 1.807) is 0 Å². The zero-order valence-electron chi connectivity index (χ0n) is 8.66. The number of esters is 1. The lowest BCUT2D eigenvalue weighted by atomic mass is 10.1. The monoisotopic (exact) mass is 272 g/mol. The summed E-state index contributed by atoms with van der Waals surface area (Å²) < 4.78 is 5.45. The van der Waals surface area contributed by atoms with Crippen LogP contribution < -0.4 is 0 Å². The van der Waals surface area contributed by atoms with E-state index in [0.717, 1.165) is 15.6 Å². The molecule has 1 unspecified atom stereocenters. The third kappa shape index (κ3) is 3.32. The normalized spacial score (nSPS) is 12.3. The minimum absolute atomic E-state index is 0.279. The summed E-state index contributed by atoms with van der Waals surface area (Å²) in [4.78, 5) is 11.0. The molecule has 82 valence electrons. The van der Waals surface area contributed by atoms with Gasteiger partial charge in [-0.1, -0.05) is 28.1 Å². The van der Waals surface area contributed by atoms with Crippen molar-refractivity contribution in [1.29, 1.82) is 0 Å². The third-order valence-electron chi connectivity index (χ3n) is 2.12. The number of hydrogen-bond acceptors (Lipinski definition) is 3. The number of benzene rings is 1. The number of halogens is 1. The van der Waals surface area contributed by atoms with Crippen LogP contribution in [-0.4, -0.2) is 24.3 Å². The quantitative estimate of drug-likeness (QED) is 0.855. The molecule has 1 N–H and O–H groups in total. The van der Waals surface area contributed by atoms with Crippen molar-refractivity contribution < 1.29 is 14.6 Å². The lowest BCUT2D eigenvalue weighted by Gasteiger charge is -2.09. The second-order valence-electron chi connectivity index (χ2n) is 3.33. The maximum Gasteiger partial charge on any atom is 0.335 e. The van der Waals surface area contributed by atoms with Crippen molar-refractivity contribution in [2.75, 3.05) is 7.11 Å². The molecule has 0 saturated heterocycles. The van der Waals surface area contributed by atoms with E-state index in [0.29, 0.717) is 0 Å². The zero-order valence-corrected chi connectivity index (χ0v) is 10.2. The largest absolute Gasteiger partial charge is 0.467 e. The van der Waals surface area contributed by atoms with Crippen molar-refractivity contribution in [2.45, 2.75) is 19.4 Å². The van der Waals surface area contributed by atoms with Crippen LogP contribution in [0.4, 0.5) is 0 Å². The number of ether oxygens (including phenoxy) is 1. The van der Waals surface area contributed by atoms with Crippen LogP contribution in [0.2, 0.25) is 0 Å². The van der Waals surface area contributed by atoms with E-state index in [-0.39, 0.29) is 6.42 Å². The van der Waals surface area contributed by atoms with E-state index < -0.39 is 12.1 Å². The summed E-state index contributed by atoms with van der Waals surface area (Å²) in [6.07, 6.45) is -0.809. The molecule has 1 rings (SSSR count). The average molecular weight is 273 g/mol. The van der Waals surface area contributed by atoms with Crippen molar-refractivity contribution in [1.82, 2.24) is 0 Å². The Bertz CT molecular complexity index is 363. The Labute approximate surface area is 97.2 Å². The van der Waals surface area contributed by atoms with Crippen LogP contribution in [0.3, 0.4) is 0 Å². The lowest BCUT2D eigenvalue weighted by Crippen LogP contribution is -2.24. The van der Waals surface area contributed by atoms with Crippen LogP contribution >= 0.6 is 15.9 Å². The Morgan fingerprint density at radius 3 is 2.80 bits per heavy atom. The third-order valence-corrected chi connectivity index (χ3v) is 3.01. The van der Waals surface area contributed by atoms with E-state index in [1.165, 1.54) is 7.11 Å². The first-order chi connectivity index (χ1) is 7.04. The van der Waals surface area contributed by atoms with E-state index in [9.17, 15) is 9.90 Å². The molecule has 0 aliphatic carbocycles. The molecule has 0 fully saturated rings. The summed E-state index contributed by atoms with van der Waals surface area (Å²) in [5, 5.41) is 9.45. The molecule has 0 saturated carbocycles. The molecule has 4 heteroatoms. The fourth-order valence-electron chi connectivity index (χ4n) is 1.28. The van der Waals surface area contributed by atoms with Gasteiger partial charge in [-0.25, -0.2) is 4.79 Å². The second-order valence-corrected chi connectivity index (χ2v) is 4.18. The molecule has 15 heavy (non-hydrogen) atoms. The molecule has 0 aliphatic heterocycles. The van der Waals surface area contributed by atoms with Crippen LogP contribution in [0.25, 0.3) is 0 Å². The van der Waals surface area contributed by atoms with Crippen molar-refractivity contribution in [3.05, 3.63) is 33.8 Å². The second kappa shape index (κ2) is 5.28. The van der Waals surface area contributed by atoms with Crippen LogP contribution in [-0.2, 0) is 16.0 Å². The van der Waals surface area contributed by atoms with Gasteiger partial charge in [0.05, 0.1) is 7.11 Å². The SMILES string of the molecule is COC(=O)C(O)Cc1ccc(Br)c(C)c1. The first-order valence-corrected chi connectivity index (χ1v) is 5.35. The predicted octanol–water partition coefficient (Wildman–Crippen LogP) is 1.83. The van der Waals surface area contributed by atoms with Gasteiger partial charge in [0, 0.05) is 10.9 Å². The van der Waals surface area contributed by atoms with E-state index in [2.05, 4.69) is 20.7 Å². The highest BCUT2D eigenvalue weighted by molar-refractivity contribution is 9.10. The fraction of sp³-hybridized carbons (Fsp3) is 0.364. The number of aliphatic hydroxyl groups is 1. The van der Waals surface area contributed by atoms with Gasteiger partial charge in [0.2, 0.25) is 0 Å². The number of carbonyl (C=O) groups excluding carboxylic acids is 1. The van der Waals surface area contributed by atoms with Crippen molar-refractivity contribution in [3.63, 3.8) is 0 Å². The Morgan fingerprint density at radius 1 is 1.60 bits per heavy atom. The summed E-state index contributed by atoms with van der Waals surface area (Å²) in [6.45, 7) is 1.96. The van der Waals surface area contributed by atoms with Gasteiger partial charge in [-0.05, 0) is 24.1 Å². The van der Waals surface area contributed by atoms with Gasteiger partial charge in [-0.15, -0.1) is 0 Å². The highest BCUT2D eigenvalue weighted by atomic mass is 79.9. The number of aryl methyl sites for hydroxylation is 1. The van der Waals surface area contributed by atoms with Crippen LogP contribution in [0, 0.1) is 6.92 Å². The Balaban J connectivity index is 2.73. The van der Waals surface area contributed by atoms with Gasteiger partial charge in [0.25, 0.3) is 0 Å². The number of rotatable bonds is 3. The topological polar surface area (TPSA) is 46.5 Å². The van der Waals surface area contributed by atoms with E-state index in [4.69, 9.17) is 0 Å². The molecule has 0 radical (unpaired) electrons. The Kier molecular flexibility index (Phi) is 4.29. The molecule has 0 heterocycles. The molecule has 0 aliphatic rings. The maximum atomic E-state index is 11.0. The van der Waals surface area contributed by atoms with Gasteiger partial charge < -0.3 is 9.84 Å². The van der Waals surface area contributed by atoms with Crippen LogP contribution in [0.5, 0.6) is 0 Å². The average Bonchev–Trinajstić information content (AvgIpc) is 2.22. The first kappa shape index (κ1) is 12.2. The van der Waals surface area contributed by atoms with E-state index in [1.807, 2.05) is 25.1 Å².